The molecule has 0 aliphatic carbocycles. The van der Waals surface area contributed by atoms with Crippen molar-refractivity contribution in [3.63, 3.8) is 0 Å². The number of anilines is 1. The fourth-order valence-corrected chi connectivity index (χ4v) is 3.54. The van der Waals surface area contributed by atoms with Gasteiger partial charge in [-0.15, -0.1) is 0 Å². The van der Waals surface area contributed by atoms with E-state index >= 15 is 0 Å². The maximum atomic E-state index is 14.5. The molecule has 1 heterocycles. The van der Waals surface area contributed by atoms with E-state index in [-0.39, 0.29) is 5.82 Å². The average Bonchev–Trinajstić information content (AvgIpc) is 2.63. The zero-order valence-corrected chi connectivity index (χ0v) is 15.1. The minimum absolute atomic E-state index is 0.236. The van der Waals surface area contributed by atoms with Gasteiger partial charge in [0.1, 0.15) is 5.82 Å². The molecule has 0 radical (unpaired) electrons. The summed E-state index contributed by atoms with van der Waals surface area (Å²) in [6.07, 6.45) is 5.46. The smallest absolute Gasteiger partial charge is 0.131 e. The van der Waals surface area contributed by atoms with Crippen LogP contribution in [-0.4, -0.2) is 25.3 Å². The number of halogens is 1. The van der Waals surface area contributed by atoms with Gasteiger partial charge in [0, 0.05) is 28.4 Å². The Morgan fingerprint density at radius 2 is 2.08 bits per heavy atom. The van der Waals surface area contributed by atoms with Crippen molar-refractivity contribution in [1.82, 2.24) is 5.32 Å². The Balaban J connectivity index is 2.12. The van der Waals surface area contributed by atoms with Crippen LogP contribution >= 0.6 is 0 Å². The molecule has 1 fully saturated rings. The summed E-state index contributed by atoms with van der Waals surface area (Å²) in [7, 11) is 0. The van der Waals surface area contributed by atoms with Gasteiger partial charge in [-0.25, -0.2) is 4.39 Å². The lowest BCUT2D eigenvalue weighted by molar-refractivity contribution is 0.479. The van der Waals surface area contributed by atoms with E-state index in [0.717, 1.165) is 53.9 Å². The van der Waals surface area contributed by atoms with E-state index in [1.54, 1.807) is 18.4 Å². The van der Waals surface area contributed by atoms with Crippen LogP contribution in [0.25, 0.3) is 17.2 Å². The standard InChI is InChI=1S/C21H25FN4/c1-3-18-16(13-25-23)11-15(21-14(2)5-4-6-19(21)22)12-20(18)26-17-7-9-24-10-8-17/h3-6,11-13,17,24,26H,1,7-10,23H2,2H3/b25-13-. The largest absolute Gasteiger partial charge is 0.382 e. The van der Waals surface area contributed by atoms with Crippen LogP contribution in [0.4, 0.5) is 10.1 Å². The van der Waals surface area contributed by atoms with Crippen LogP contribution in [0.1, 0.15) is 29.5 Å². The SMILES string of the molecule is C=Cc1c(/C=N\N)cc(-c2c(C)cccc2F)cc1NC1CCNCC1. The Kier molecular flexibility index (Phi) is 5.68. The molecule has 4 nitrogen and oxygen atoms in total. The van der Waals surface area contributed by atoms with Gasteiger partial charge in [0.2, 0.25) is 0 Å². The number of rotatable bonds is 5. The van der Waals surface area contributed by atoms with Crippen molar-refractivity contribution in [3.05, 3.63) is 59.4 Å². The van der Waals surface area contributed by atoms with Crippen LogP contribution in [0.5, 0.6) is 0 Å². The second kappa shape index (κ2) is 8.15. The van der Waals surface area contributed by atoms with E-state index < -0.39 is 0 Å². The number of aryl methyl sites for hydroxylation is 1. The molecule has 0 bridgehead atoms. The van der Waals surface area contributed by atoms with E-state index in [1.165, 1.54) is 6.07 Å². The third-order valence-corrected chi connectivity index (χ3v) is 4.84. The van der Waals surface area contributed by atoms with Gasteiger partial charge >= 0.3 is 0 Å². The van der Waals surface area contributed by atoms with E-state index in [1.807, 2.05) is 25.1 Å². The molecular formula is C21H25FN4. The molecule has 0 spiro atoms. The lowest BCUT2D eigenvalue weighted by Crippen LogP contribution is -2.35. The minimum Gasteiger partial charge on any atom is -0.382 e. The first kappa shape index (κ1) is 18.1. The van der Waals surface area contributed by atoms with Crippen molar-refractivity contribution in [2.24, 2.45) is 10.9 Å². The van der Waals surface area contributed by atoms with Crippen LogP contribution in [-0.2, 0) is 0 Å². The number of nitrogens with zero attached hydrogens (tertiary/aromatic N) is 1. The summed E-state index contributed by atoms with van der Waals surface area (Å²) in [6.45, 7) is 7.83. The van der Waals surface area contributed by atoms with Crippen molar-refractivity contribution in [3.8, 4) is 11.1 Å². The predicted octanol–water partition coefficient (Wildman–Crippen LogP) is 3.90. The highest BCUT2D eigenvalue weighted by molar-refractivity contribution is 5.92. The van der Waals surface area contributed by atoms with Gasteiger partial charge in [-0.3, -0.25) is 0 Å². The molecule has 1 saturated heterocycles. The van der Waals surface area contributed by atoms with Gasteiger partial charge < -0.3 is 16.5 Å². The zero-order chi connectivity index (χ0) is 18.5. The van der Waals surface area contributed by atoms with Crippen molar-refractivity contribution >= 4 is 18.0 Å². The molecule has 1 aliphatic rings. The van der Waals surface area contributed by atoms with E-state index in [9.17, 15) is 4.39 Å². The molecule has 2 aromatic carbocycles. The van der Waals surface area contributed by atoms with Crippen molar-refractivity contribution in [1.29, 1.82) is 0 Å². The first-order valence-electron chi connectivity index (χ1n) is 8.90. The second-order valence-corrected chi connectivity index (χ2v) is 6.61. The van der Waals surface area contributed by atoms with E-state index in [4.69, 9.17) is 5.84 Å². The first-order valence-corrected chi connectivity index (χ1v) is 8.90. The Hall–Kier alpha value is -2.66. The molecular weight excluding hydrogens is 327 g/mol. The van der Waals surface area contributed by atoms with Crippen LogP contribution in [0, 0.1) is 12.7 Å². The van der Waals surface area contributed by atoms with Crippen molar-refractivity contribution in [2.75, 3.05) is 18.4 Å². The van der Waals surface area contributed by atoms with E-state index in [0.29, 0.717) is 11.6 Å². The van der Waals surface area contributed by atoms with Gasteiger partial charge in [-0.1, -0.05) is 24.8 Å². The molecule has 1 aliphatic heterocycles. The van der Waals surface area contributed by atoms with Crippen molar-refractivity contribution < 1.29 is 4.39 Å². The molecule has 0 unspecified atom stereocenters. The van der Waals surface area contributed by atoms with Crippen LogP contribution in [0.3, 0.4) is 0 Å². The monoisotopic (exact) mass is 352 g/mol. The topological polar surface area (TPSA) is 62.4 Å². The maximum Gasteiger partial charge on any atom is 0.131 e. The van der Waals surface area contributed by atoms with Gasteiger partial charge in [0.05, 0.1) is 6.21 Å². The molecule has 2 aromatic rings. The summed E-state index contributed by atoms with van der Waals surface area (Å²) in [4.78, 5) is 0. The highest BCUT2D eigenvalue weighted by Gasteiger charge is 2.17. The highest BCUT2D eigenvalue weighted by atomic mass is 19.1. The fourth-order valence-electron chi connectivity index (χ4n) is 3.54. The summed E-state index contributed by atoms with van der Waals surface area (Å²) in [5.74, 6) is 5.16. The third kappa shape index (κ3) is 3.78. The number of hydrogen-bond acceptors (Lipinski definition) is 4. The predicted molar refractivity (Wildman–Crippen MR) is 108 cm³/mol. The van der Waals surface area contributed by atoms with Gasteiger partial charge in [-0.2, -0.15) is 5.10 Å². The second-order valence-electron chi connectivity index (χ2n) is 6.61. The van der Waals surface area contributed by atoms with Gasteiger partial charge in [0.25, 0.3) is 0 Å². The number of nitrogens with one attached hydrogen (secondary N) is 2. The Morgan fingerprint density at radius 1 is 1.31 bits per heavy atom. The summed E-state index contributed by atoms with van der Waals surface area (Å²) in [6, 6.07) is 9.40. The summed E-state index contributed by atoms with van der Waals surface area (Å²) in [5.41, 5.74) is 4.97. The Labute approximate surface area is 154 Å². The molecule has 5 heteroatoms. The molecule has 0 saturated carbocycles. The van der Waals surface area contributed by atoms with Crippen LogP contribution in [0.2, 0.25) is 0 Å². The normalized spacial score (nSPS) is 15.3. The van der Waals surface area contributed by atoms with Gasteiger partial charge in [-0.05, 0) is 62.2 Å². The van der Waals surface area contributed by atoms with Crippen LogP contribution in [0.15, 0.2) is 42.0 Å². The number of hydrazone groups is 1. The minimum atomic E-state index is -0.236. The molecule has 0 amide bonds. The van der Waals surface area contributed by atoms with Crippen LogP contribution < -0.4 is 16.5 Å². The molecule has 136 valence electrons. The molecule has 4 N–H and O–H groups in total. The Morgan fingerprint density at radius 3 is 2.73 bits per heavy atom. The lowest BCUT2D eigenvalue weighted by Gasteiger charge is -2.26. The highest BCUT2D eigenvalue weighted by Crippen LogP contribution is 2.33. The number of nitrogens with two attached hydrogens (primary N) is 1. The third-order valence-electron chi connectivity index (χ3n) is 4.84. The average molecular weight is 352 g/mol. The fraction of sp³-hybridized carbons (Fsp3) is 0.286. The molecule has 0 aromatic heterocycles. The maximum absolute atomic E-state index is 14.5. The molecule has 0 atom stereocenters. The van der Waals surface area contributed by atoms with Crippen molar-refractivity contribution in [2.45, 2.75) is 25.8 Å². The lowest BCUT2D eigenvalue weighted by atomic mass is 9.94. The zero-order valence-electron chi connectivity index (χ0n) is 15.1. The first-order chi connectivity index (χ1) is 12.6. The number of piperidine rings is 1. The molecule has 3 rings (SSSR count). The number of benzene rings is 2. The van der Waals surface area contributed by atoms with Gasteiger partial charge in [0.15, 0.2) is 0 Å². The summed E-state index contributed by atoms with van der Waals surface area (Å²) < 4.78 is 14.5. The summed E-state index contributed by atoms with van der Waals surface area (Å²) in [5, 5.41) is 10.7. The number of hydrogen-bond donors (Lipinski definition) is 3. The quantitative estimate of drug-likeness (QED) is 0.434. The van der Waals surface area contributed by atoms with E-state index in [2.05, 4.69) is 22.3 Å². The molecule has 26 heavy (non-hydrogen) atoms. The summed E-state index contributed by atoms with van der Waals surface area (Å²) >= 11 is 0. The Bertz CT molecular complexity index is 803.